The SMILES string of the molecule is CCSCc1cc2cc(Cl)ccc2n1C. The fraction of sp³-hybridized carbons (Fsp3) is 0.333. The number of hydrogen-bond acceptors (Lipinski definition) is 1. The topological polar surface area (TPSA) is 4.93 Å². The van der Waals surface area contributed by atoms with Crippen molar-refractivity contribution in [2.45, 2.75) is 12.7 Å². The number of aryl methyl sites for hydroxylation is 1. The minimum atomic E-state index is 0.808. The third-order valence-corrected chi connectivity index (χ3v) is 3.70. The molecule has 0 aliphatic carbocycles. The normalized spacial score (nSPS) is 11.1. The Morgan fingerprint density at radius 3 is 2.87 bits per heavy atom. The van der Waals surface area contributed by atoms with E-state index in [9.17, 15) is 0 Å². The summed E-state index contributed by atoms with van der Waals surface area (Å²) >= 11 is 7.91. The molecule has 80 valence electrons. The molecule has 1 nitrogen and oxygen atoms in total. The molecule has 0 aliphatic rings. The predicted octanol–water partition coefficient (Wildman–Crippen LogP) is 4.08. The highest BCUT2D eigenvalue weighted by Gasteiger charge is 2.05. The first-order valence-electron chi connectivity index (χ1n) is 5.04. The summed E-state index contributed by atoms with van der Waals surface area (Å²) in [6, 6.07) is 8.28. The van der Waals surface area contributed by atoms with Gasteiger partial charge in [0.15, 0.2) is 0 Å². The van der Waals surface area contributed by atoms with Crippen molar-refractivity contribution in [1.29, 1.82) is 0 Å². The Balaban J connectivity index is 2.44. The van der Waals surface area contributed by atoms with Crippen molar-refractivity contribution in [2.75, 3.05) is 5.75 Å². The average molecular weight is 240 g/mol. The lowest BCUT2D eigenvalue weighted by Gasteiger charge is -2.02. The molecule has 1 aromatic heterocycles. The van der Waals surface area contributed by atoms with Gasteiger partial charge in [0.1, 0.15) is 0 Å². The maximum Gasteiger partial charge on any atom is 0.0481 e. The first kappa shape index (κ1) is 10.9. The minimum absolute atomic E-state index is 0.808. The van der Waals surface area contributed by atoms with Crippen LogP contribution in [0, 0.1) is 0 Å². The average Bonchev–Trinajstić information content (AvgIpc) is 2.52. The van der Waals surface area contributed by atoms with E-state index in [1.54, 1.807) is 0 Å². The second-order valence-electron chi connectivity index (χ2n) is 3.53. The molecular weight excluding hydrogens is 226 g/mol. The van der Waals surface area contributed by atoms with E-state index in [2.05, 4.69) is 30.7 Å². The summed E-state index contributed by atoms with van der Waals surface area (Å²) in [5.41, 5.74) is 2.62. The molecule has 0 spiro atoms. The standard InChI is InChI=1S/C12H14ClNS/c1-3-15-8-11-7-9-6-10(13)4-5-12(9)14(11)2/h4-7H,3,8H2,1-2H3. The third kappa shape index (κ3) is 2.16. The number of thioether (sulfide) groups is 1. The molecule has 2 aromatic rings. The quantitative estimate of drug-likeness (QED) is 0.781. The van der Waals surface area contributed by atoms with Crippen LogP contribution in [0.5, 0.6) is 0 Å². The van der Waals surface area contributed by atoms with Gasteiger partial charge in [0.05, 0.1) is 0 Å². The third-order valence-electron chi connectivity index (χ3n) is 2.56. The first-order valence-corrected chi connectivity index (χ1v) is 6.57. The summed E-state index contributed by atoms with van der Waals surface area (Å²) < 4.78 is 2.24. The molecule has 1 heterocycles. The van der Waals surface area contributed by atoms with E-state index in [-0.39, 0.29) is 0 Å². The number of nitrogens with zero attached hydrogens (tertiary/aromatic N) is 1. The monoisotopic (exact) mass is 239 g/mol. The molecule has 2 rings (SSSR count). The van der Waals surface area contributed by atoms with Crippen molar-refractivity contribution in [3.05, 3.63) is 35.0 Å². The van der Waals surface area contributed by atoms with Gasteiger partial charge >= 0.3 is 0 Å². The maximum absolute atomic E-state index is 5.97. The van der Waals surface area contributed by atoms with Crippen LogP contribution in [0.1, 0.15) is 12.6 Å². The Kier molecular flexibility index (Phi) is 3.27. The molecule has 0 unspecified atom stereocenters. The zero-order valence-corrected chi connectivity index (χ0v) is 10.5. The van der Waals surface area contributed by atoms with Crippen molar-refractivity contribution in [1.82, 2.24) is 4.57 Å². The molecule has 0 fully saturated rings. The lowest BCUT2D eigenvalue weighted by Crippen LogP contribution is -1.93. The number of rotatable bonds is 3. The number of aromatic nitrogens is 1. The summed E-state index contributed by atoms with van der Waals surface area (Å²) in [7, 11) is 2.11. The molecule has 0 saturated carbocycles. The maximum atomic E-state index is 5.97. The number of halogens is 1. The molecule has 3 heteroatoms. The second kappa shape index (κ2) is 4.50. The smallest absolute Gasteiger partial charge is 0.0481 e. The summed E-state index contributed by atoms with van der Waals surface area (Å²) in [6.07, 6.45) is 0. The Morgan fingerprint density at radius 1 is 1.33 bits per heavy atom. The van der Waals surface area contributed by atoms with Crippen LogP contribution in [0.3, 0.4) is 0 Å². The zero-order chi connectivity index (χ0) is 10.8. The van der Waals surface area contributed by atoms with Gasteiger partial charge in [-0.25, -0.2) is 0 Å². The lowest BCUT2D eigenvalue weighted by atomic mass is 10.2. The largest absolute Gasteiger partial charge is 0.347 e. The Hall–Kier alpha value is -0.600. The van der Waals surface area contributed by atoms with Crippen LogP contribution in [0.15, 0.2) is 24.3 Å². The molecule has 0 N–H and O–H groups in total. The highest BCUT2D eigenvalue weighted by atomic mass is 35.5. The number of benzene rings is 1. The van der Waals surface area contributed by atoms with Gasteiger partial charge in [0, 0.05) is 34.4 Å². The van der Waals surface area contributed by atoms with E-state index < -0.39 is 0 Å². The minimum Gasteiger partial charge on any atom is -0.347 e. The first-order chi connectivity index (χ1) is 7.22. The van der Waals surface area contributed by atoms with Gasteiger partial charge in [-0.3, -0.25) is 0 Å². The molecule has 0 radical (unpaired) electrons. The molecule has 0 aliphatic heterocycles. The number of hydrogen-bond donors (Lipinski definition) is 0. The van der Waals surface area contributed by atoms with Crippen molar-refractivity contribution in [3.8, 4) is 0 Å². The van der Waals surface area contributed by atoms with Gasteiger partial charge in [0.2, 0.25) is 0 Å². The van der Waals surface area contributed by atoms with Crippen LogP contribution in [0.2, 0.25) is 5.02 Å². The molecule has 0 bridgehead atoms. The molecule has 0 atom stereocenters. The lowest BCUT2D eigenvalue weighted by molar-refractivity contribution is 0.910. The van der Waals surface area contributed by atoms with Gasteiger partial charge in [-0.15, -0.1) is 0 Å². The van der Waals surface area contributed by atoms with Crippen LogP contribution in [0.4, 0.5) is 0 Å². The van der Waals surface area contributed by atoms with Gasteiger partial charge in [0.25, 0.3) is 0 Å². The van der Waals surface area contributed by atoms with E-state index in [1.807, 2.05) is 23.9 Å². The predicted molar refractivity (Wildman–Crippen MR) is 69.8 cm³/mol. The van der Waals surface area contributed by atoms with Crippen LogP contribution in [0.25, 0.3) is 10.9 Å². The Morgan fingerprint density at radius 2 is 2.13 bits per heavy atom. The molecule has 0 amide bonds. The molecule has 1 aromatic carbocycles. The van der Waals surface area contributed by atoms with E-state index in [1.165, 1.54) is 16.6 Å². The molecule has 15 heavy (non-hydrogen) atoms. The van der Waals surface area contributed by atoms with Crippen molar-refractivity contribution in [3.63, 3.8) is 0 Å². The Bertz CT molecular complexity index is 476. The van der Waals surface area contributed by atoms with Gasteiger partial charge < -0.3 is 4.57 Å². The van der Waals surface area contributed by atoms with E-state index in [0.29, 0.717) is 0 Å². The van der Waals surface area contributed by atoms with E-state index in [0.717, 1.165) is 16.5 Å². The van der Waals surface area contributed by atoms with Gasteiger partial charge in [-0.05, 0) is 30.0 Å². The van der Waals surface area contributed by atoms with Crippen LogP contribution >= 0.6 is 23.4 Å². The van der Waals surface area contributed by atoms with Crippen LogP contribution in [-0.2, 0) is 12.8 Å². The second-order valence-corrected chi connectivity index (χ2v) is 5.25. The molecular formula is C12H14ClNS. The summed E-state index contributed by atoms with van der Waals surface area (Å²) in [4.78, 5) is 0. The van der Waals surface area contributed by atoms with Gasteiger partial charge in [-0.1, -0.05) is 18.5 Å². The fourth-order valence-electron chi connectivity index (χ4n) is 1.72. The van der Waals surface area contributed by atoms with Crippen molar-refractivity contribution < 1.29 is 0 Å². The fourth-order valence-corrected chi connectivity index (χ4v) is 2.59. The van der Waals surface area contributed by atoms with Crippen molar-refractivity contribution in [2.24, 2.45) is 7.05 Å². The van der Waals surface area contributed by atoms with Gasteiger partial charge in [-0.2, -0.15) is 11.8 Å². The summed E-state index contributed by atoms with van der Waals surface area (Å²) in [6.45, 7) is 2.18. The Labute approximate surface area is 99.4 Å². The van der Waals surface area contributed by atoms with Crippen LogP contribution < -0.4 is 0 Å². The highest BCUT2D eigenvalue weighted by molar-refractivity contribution is 7.98. The summed E-state index contributed by atoms with van der Waals surface area (Å²) in [5, 5.41) is 2.04. The van der Waals surface area contributed by atoms with Crippen LogP contribution in [-0.4, -0.2) is 10.3 Å². The van der Waals surface area contributed by atoms with Crippen molar-refractivity contribution >= 4 is 34.3 Å². The van der Waals surface area contributed by atoms with E-state index in [4.69, 9.17) is 11.6 Å². The zero-order valence-electron chi connectivity index (χ0n) is 8.96. The highest BCUT2D eigenvalue weighted by Crippen LogP contribution is 2.24. The summed E-state index contributed by atoms with van der Waals surface area (Å²) in [5.74, 6) is 2.22. The van der Waals surface area contributed by atoms with E-state index >= 15 is 0 Å². The number of fused-ring (bicyclic) bond motifs is 1. The molecule has 0 saturated heterocycles.